The Hall–Kier alpha value is -3.21. The molecule has 0 aliphatic heterocycles. The molecule has 0 atom stereocenters. The number of aryl methyl sites for hydroxylation is 1. The monoisotopic (exact) mass is 318 g/mol. The van der Waals surface area contributed by atoms with E-state index in [-0.39, 0.29) is 5.91 Å². The molecule has 0 aliphatic carbocycles. The average molecular weight is 318 g/mol. The van der Waals surface area contributed by atoms with Gasteiger partial charge in [-0.3, -0.25) is 9.78 Å². The molecule has 2 heterocycles. The molecule has 0 unspecified atom stereocenters. The van der Waals surface area contributed by atoms with Gasteiger partial charge in [0.1, 0.15) is 5.82 Å². The van der Waals surface area contributed by atoms with Gasteiger partial charge in [0.25, 0.3) is 0 Å². The SMILES string of the molecule is CC(=O)Nc1cc(-c2cc(-c3cc(N)ccc3C)ccn2)ccn1. The smallest absolute Gasteiger partial charge is 0.222 e. The molecule has 5 heteroatoms. The number of nitrogen functional groups attached to an aromatic ring is 1. The highest BCUT2D eigenvalue weighted by Crippen LogP contribution is 2.28. The van der Waals surface area contributed by atoms with Crippen molar-refractivity contribution in [3.8, 4) is 22.4 Å². The van der Waals surface area contributed by atoms with Crippen LogP contribution in [0.15, 0.2) is 54.9 Å². The predicted molar refractivity (Wildman–Crippen MR) is 96.4 cm³/mol. The van der Waals surface area contributed by atoms with Crippen molar-refractivity contribution in [1.82, 2.24) is 9.97 Å². The minimum atomic E-state index is -0.156. The lowest BCUT2D eigenvalue weighted by Crippen LogP contribution is -2.07. The minimum Gasteiger partial charge on any atom is -0.399 e. The van der Waals surface area contributed by atoms with Gasteiger partial charge < -0.3 is 11.1 Å². The van der Waals surface area contributed by atoms with Crippen LogP contribution < -0.4 is 11.1 Å². The fraction of sp³-hybridized carbons (Fsp3) is 0.105. The second kappa shape index (κ2) is 6.50. The Labute approximate surface area is 140 Å². The normalized spacial score (nSPS) is 10.4. The summed E-state index contributed by atoms with van der Waals surface area (Å²) >= 11 is 0. The third kappa shape index (κ3) is 3.41. The van der Waals surface area contributed by atoms with Crippen LogP contribution in [0.1, 0.15) is 12.5 Å². The number of aromatic nitrogens is 2. The first kappa shape index (κ1) is 15.7. The molecule has 0 bridgehead atoms. The molecule has 0 spiro atoms. The number of hydrogen-bond donors (Lipinski definition) is 2. The molecule has 0 saturated heterocycles. The number of hydrogen-bond acceptors (Lipinski definition) is 4. The summed E-state index contributed by atoms with van der Waals surface area (Å²) in [6.07, 6.45) is 3.42. The van der Waals surface area contributed by atoms with E-state index < -0.39 is 0 Å². The summed E-state index contributed by atoms with van der Waals surface area (Å²) in [5, 5.41) is 2.68. The van der Waals surface area contributed by atoms with Crippen LogP contribution in [-0.4, -0.2) is 15.9 Å². The quantitative estimate of drug-likeness (QED) is 0.722. The summed E-state index contributed by atoms with van der Waals surface area (Å²) in [5.74, 6) is 0.351. The van der Waals surface area contributed by atoms with Gasteiger partial charge in [-0.2, -0.15) is 0 Å². The molecule has 1 amide bonds. The Morgan fingerprint density at radius 1 is 1.00 bits per heavy atom. The summed E-state index contributed by atoms with van der Waals surface area (Å²) in [5.41, 5.74) is 11.6. The molecule has 2 aromatic heterocycles. The molecule has 3 rings (SSSR count). The fourth-order valence-corrected chi connectivity index (χ4v) is 2.55. The second-order valence-electron chi connectivity index (χ2n) is 5.62. The third-order valence-corrected chi connectivity index (χ3v) is 3.69. The number of carbonyl (C=O) groups is 1. The first-order valence-electron chi connectivity index (χ1n) is 7.59. The lowest BCUT2D eigenvalue weighted by molar-refractivity contribution is -0.114. The summed E-state index contributed by atoms with van der Waals surface area (Å²) in [4.78, 5) is 19.8. The number of benzene rings is 1. The Balaban J connectivity index is 2.02. The molecule has 5 nitrogen and oxygen atoms in total. The van der Waals surface area contributed by atoms with Crippen molar-refractivity contribution < 1.29 is 4.79 Å². The highest BCUT2D eigenvalue weighted by molar-refractivity contribution is 5.88. The fourth-order valence-electron chi connectivity index (χ4n) is 2.55. The van der Waals surface area contributed by atoms with Gasteiger partial charge in [0, 0.05) is 30.6 Å². The number of rotatable bonds is 3. The highest BCUT2D eigenvalue weighted by Gasteiger charge is 2.07. The van der Waals surface area contributed by atoms with Crippen molar-refractivity contribution in [3.05, 3.63) is 60.4 Å². The molecular formula is C19H18N4O. The van der Waals surface area contributed by atoms with Crippen LogP contribution in [0.2, 0.25) is 0 Å². The van der Waals surface area contributed by atoms with Crippen molar-refractivity contribution in [2.45, 2.75) is 13.8 Å². The van der Waals surface area contributed by atoms with Gasteiger partial charge in [0.05, 0.1) is 5.69 Å². The molecule has 120 valence electrons. The van der Waals surface area contributed by atoms with Crippen LogP contribution in [0.25, 0.3) is 22.4 Å². The largest absolute Gasteiger partial charge is 0.399 e. The first-order valence-corrected chi connectivity index (χ1v) is 7.59. The zero-order valence-electron chi connectivity index (χ0n) is 13.6. The Morgan fingerprint density at radius 2 is 1.75 bits per heavy atom. The Kier molecular flexibility index (Phi) is 4.24. The molecule has 3 N–H and O–H groups in total. The first-order chi connectivity index (χ1) is 11.5. The van der Waals surface area contributed by atoms with Crippen LogP contribution in [0, 0.1) is 6.92 Å². The number of anilines is 2. The average Bonchev–Trinajstić information content (AvgIpc) is 2.57. The van der Waals surface area contributed by atoms with Gasteiger partial charge in [-0.25, -0.2) is 4.98 Å². The second-order valence-corrected chi connectivity index (χ2v) is 5.62. The van der Waals surface area contributed by atoms with Crippen LogP contribution in [0.4, 0.5) is 11.5 Å². The van der Waals surface area contributed by atoms with Crippen molar-refractivity contribution in [2.75, 3.05) is 11.1 Å². The summed E-state index contributed by atoms with van der Waals surface area (Å²) in [6.45, 7) is 3.51. The maximum Gasteiger partial charge on any atom is 0.222 e. The van der Waals surface area contributed by atoms with Gasteiger partial charge in [0.15, 0.2) is 0 Å². The van der Waals surface area contributed by atoms with Crippen LogP contribution in [0.5, 0.6) is 0 Å². The molecular weight excluding hydrogens is 300 g/mol. The van der Waals surface area contributed by atoms with Crippen molar-refractivity contribution in [1.29, 1.82) is 0 Å². The van der Waals surface area contributed by atoms with Gasteiger partial charge in [-0.15, -0.1) is 0 Å². The van der Waals surface area contributed by atoms with Crippen molar-refractivity contribution in [2.24, 2.45) is 0 Å². The van der Waals surface area contributed by atoms with E-state index in [0.29, 0.717) is 5.82 Å². The Bertz CT molecular complexity index is 905. The maximum absolute atomic E-state index is 11.2. The van der Waals surface area contributed by atoms with E-state index in [1.807, 2.05) is 36.4 Å². The van der Waals surface area contributed by atoms with E-state index in [9.17, 15) is 4.79 Å². The number of carbonyl (C=O) groups excluding carboxylic acids is 1. The lowest BCUT2D eigenvalue weighted by Gasteiger charge is -2.09. The molecule has 24 heavy (non-hydrogen) atoms. The third-order valence-electron chi connectivity index (χ3n) is 3.69. The van der Waals surface area contributed by atoms with E-state index >= 15 is 0 Å². The van der Waals surface area contributed by atoms with Crippen LogP contribution in [0.3, 0.4) is 0 Å². The van der Waals surface area contributed by atoms with Crippen molar-refractivity contribution in [3.63, 3.8) is 0 Å². The number of pyridine rings is 2. The molecule has 0 aliphatic rings. The lowest BCUT2D eigenvalue weighted by atomic mass is 9.99. The molecule has 0 saturated carbocycles. The number of nitrogens with zero attached hydrogens (tertiary/aromatic N) is 2. The number of nitrogens with two attached hydrogens (primary N) is 1. The molecule has 0 radical (unpaired) electrons. The van der Waals surface area contributed by atoms with E-state index in [1.165, 1.54) is 6.92 Å². The number of amides is 1. The zero-order valence-corrected chi connectivity index (χ0v) is 13.6. The van der Waals surface area contributed by atoms with Gasteiger partial charge in [0.2, 0.25) is 5.91 Å². The standard InChI is InChI=1S/C19H18N4O/c1-12-3-4-16(20)11-17(12)14-5-7-21-18(9-14)15-6-8-22-19(10-15)23-13(2)24/h3-11H,20H2,1-2H3,(H,22,23,24). The summed E-state index contributed by atoms with van der Waals surface area (Å²) in [6, 6.07) is 13.5. The Morgan fingerprint density at radius 3 is 2.54 bits per heavy atom. The van der Waals surface area contributed by atoms with Crippen LogP contribution in [-0.2, 0) is 4.79 Å². The molecule has 1 aromatic carbocycles. The van der Waals surface area contributed by atoms with Gasteiger partial charge in [-0.05, 0) is 60.0 Å². The molecule has 3 aromatic rings. The minimum absolute atomic E-state index is 0.156. The molecule has 0 fully saturated rings. The van der Waals surface area contributed by atoms with E-state index in [1.54, 1.807) is 18.5 Å². The van der Waals surface area contributed by atoms with E-state index in [4.69, 9.17) is 5.73 Å². The summed E-state index contributed by atoms with van der Waals surface area (Å²) < 4.78 is 0. The summed E-state index contributed by atoms with van der Waals surface area (Å²) in [7, 11) is 0. The van der Waals surface area contributed by atoms with Gasteiger partial charge in [-0.1, -0.05) is 6.07 Å². The maximum atomic E-state index is 11.2. The van der Waals surface area contributed by atoms with Gasteiger partial charge >= 0.3 is 0 Å². The highest BCUT2D eigenvalue weighted by atomic mass is 16.1. The van der Waals surface area contributed by atoms with Crippen LogP contribution >= 0.6 is 0 Å². The van der Waals surface area contributed by atoms with E-state index in [2.05, 4.69) is 22.2 Å². The van der Waals surface area contributed by atoms with Crippen molar-refractivity contribution >= 4 is 17.4 Å². The van der Waals surface area contributed by atoms with E-state index in [0.717, 1.165) is 33.6 Å². The topological polar surface area (TPSA) is 80.9 Å². The zero-order chi connectivity index (χ0) is 17.1. The predicted octanol–water partition coefficient (Wildman–Crippen LogP) is 3.66. The number of nitrogens with one attached hydrogen (secondary N) is 1.